The fraction of sp³-hybridized carbons (Fsp3) is 0.400. The number of methoxy groups -OCH3 is 2. The molecule has 6 rings (SSSR count). The molecular weight excluding hydrogens is 625 g/mol. The van der Waals surface area contributed by atoms with Gasteiger partial charge < -0.3 is 29.6 Å². The van der Waals surface area contributed by atoms with E-state index in [-0.39, 0.29) is 0 Å². The molecule has 242 valence electrons. The third-order valence-electron chi connectivity index (χ3n) is 8.57. The van der Waals surface area contributed by atoms with Crippen molar-refractivity contribution in [2.24, 2.45) is 0 Å². The normalized spacial score (nSPS) is 16.0. The van der Waals surface area contributed by atoms with Crippen LogP contribution >= 0.6 is 23.2 Å². The van der Waals surface area contributed by atoms with Gasteiger partial charge in [0.1, 0.15) is 5.69 Å². The van der Waals surface area contributed by atoms with Crippen molar-refractivity contribution in [2.75, 3.05) is 40.6 Å². The summed E-state index contributed by atoms with van der Waals surface area (Å²) in [5.41, 5.74) is 5.90. The van der Waals surface area contributed by atoms with Gasteiger partial charge in [-0.05, 0) is 43.9 Å². The summed E-state index contributed by atoms with van der Waals surface area (Å²) in [6.45, 7) is 4.17. The minimum Gasteiger partial charge on any atom is -0.481 e. The van der Waals surface area contributed by atoms with Gasteiger partial charge in [-0.3, -0.25) is 4.98 Å². The van der Waals surface area contributed by atoms with Crippen LogP contribution in [0.2, 0.25) is 10.0 Å². The number of benzene rings is 1. The third-order valence-corrected chi connectivity index (χ3v) is 9.34. The lowest BCUT2D eigenvalue weighted by atomic mass is 9.95. The van der Waals surface area contributed by atoms with Crippen molar-refractivity contribution < 1.29 is 18.9 Å². The lowest BCUT2D eigenvalue weighted by Crippen LogP contribution is -2.34. The van der Waals surface area contributed by atoms with Crippen LogP contribution in [0.25, 0.3) is 33.8 Å². The highest BCUT2D eigenvalue weighted by molar-refractivity contribution is 6.39. The first-order chi connectivity index (χ1) is 22.6. The van der Waals surface area contributed by atoms with Gasteiger partial charge in [0.25, 0.3) is 0 Å². The Morgan fingerprint density at radius 2 is 1.39 bits per heavy atom. The van der Waals surface area contributed by atoms with E-state index in [1.165, 1.54) is 0 Å². The van der Waals surface area contributed by atoms with Gasteiger partial charge in [0.15, 0.2) is 0 Å². The average molecular weight is 665 g/mol. The van der Waals surface area contributed by atoms with Crippen LogP contribution in [0.4, 0.5) is 0 Å². The molecule has 0 spiro atoms. The van der Waals surface area contributed by atoms with E-state index in [0.717, 1.165) is 79.9 Å². The molecule has 2 N–H and O–H groups in total. The second-order valence-corrected chi connectivity index (χ2v) is 12.2. The molecule has 9 nitrogen and oxygen atoms in total. The minimum absolute atomic E-state index is 0.304. The number of ether oxygens (including phenoxy) is 4. The second kappa shape index (κ2) is 15.5. The zero-order chi connectivity index (χ0) is 31.9. The highest BCUT2D eigenvalue weighted by Crippen LogP contribution is 2.45. The Hall–Kier alpha value is -3.31. The van der Waals surface area contributed by atoms with Crippen LogP contribution in [-0.4, -0.2) is 67.7 Å². The molecular formula is C35H39Cl2N5O4. The maximum absolute atomic E-state index is 7.29. The van der Waals surface area contributed by atoms with Crippen LogP contribution < -0.4 is 20.1 Å². The number of pyridine rings is 3. The van der Waals surface area contributed by atoms with Crippen molar-refractivity contribution in [3.8, 4) is 45.5 Å². The molecule has 0 aliphatic carbocycles. The van der Waals surface area contributed by atoms with E-state index in [2.05, 4.69) is 15.6 Å². The van der Waals surface area contributed by atoms with Gasteiger partial charge in [-0.25, -0.2) is 9.97 Å². The molecule has 2 aliphatic heterocycles. The Bertz CT molecular complexity index is 1630. The number of halogens is 2. The summed E-state index contributed by atoms with van der Waals surface area (Å²) in [5.74, 6) is 1.02. The number of rotatable bonds is 11. The summed E-state index contributed by atoms with van der Waals surface area (Å²) in [6.07, 6.45) is 5.56. The van der Waals surface area contributed by atoms with Crippen LogP contribution in [0.15, 0.2) is 54.7 Å². The summed E-state index contributed by atoms with van der Waals surface area (Å²) in [4.78, 5) is 14.3. The first-order valence-electron chi connectivity index (χ1n) is 15.7. The molecule has 0 saturated carbocycles. The molecule has 3 aromatic heterocycles. The molecule has 0 unspecified atom stereocenters. The van der Waals surface area contributed by atoms with Crippen molar-refractivity contribution >= 4 is 23.2 Å². The molecule has 2 aliphatic rings. The number of nitrogens with one attached hydrogen (secondary N) is 2. The number of hydrogen-bond donors (Lipinski definition) is 2. The molecule has 0 radical (unpaired) electrons. The predicted octanol–water partition coefficient (Wildman–Crippen LogP) is 6.73. The van der Waals surface area contributed by atoms with Crippen molar-refractivity contribution in [1.82, 2.24) is 25.6 Å². The molecule has 4 aromatic rings. The smallest absolute Gasteiger partial charge is 0.218 e. The zero-order valence-electron chi connectivity index (χ0n) is 26.2. The standard InChI is InChI=1S/C35H39Cl2N5O4/c1-43-34-22(20-39-23-11-16-45-17-12-23)9-10-28(41-34)25-6-5-7-26(31(25)36)30-27(21-40-24-13-18-46-19-14-24)35(44-2)42-33(32(30)37)29-8-3-4-15-38-29/h3-10,15,23-24,39-40H,11-14,16-21H2,1-2H3. The average Bonchev–Trinajstić information content (AvgIpc) is 3.11. The summed E-state index contributed by atoms with van der Waals surface area (Å²) in [7, 11) is 3.26. The zero-order valence-corrected chi connectivity index (χ0v) is 27.7. The van der Waals surface area contributed by atoms with Gasteiger partial charge in [-0.15, -0.1) is 0 Å². The number of nitrogens with zero attached hydrogens (tertiary/aromatic N) is 3. The maximum Gasteiger partial charge on any atom is 0.218 e. The van der Waals surface area contributed by atoms with Crippen LogP contribution in [0.5, 0.6) is 11.8 Å². The fourth-order valence-corrected chi connectivity index (χ4v) is 6.69. The van der Waals surface area contributed by atoms with Crippen LogP contribution in [-0.2, 0) is 22.6 Å². The quantitative estimate of drug-likeness (QED) is 0.181. The first-order valence-corrected chi connectivity index (χ1v) is 16.5. The van der Waals surface area contributed by atoms with Crippen molar-refractivity contribution in [3.05, 3.63) is 75.9 Å². The topological polar surface area (TPSA) is 99.7 Å². The Morgan fingerprint density at radius 1 is 0.717 bits per heavy atom. The molecule has 0 amide bonds. The molecule has 1 aromatic carbocycles. The molecule has 0 atom stereocenters. The van der Waals surface area contributed by atoms with Gasteiger partial charge in [0.05, 0.1) is 35.7 Å². The second-order valence-electron chi connectivity index (χ2n) is 11.4. The Labute approximate surface area is 280 Å². The minimum atomic E-state index is 0.304. The number of hydrogen-bond acceptors (Lipinski definition) is 9. The van der Waals surface area contributed by atoms with E-state index in [4.69, 9.17) is 52.1 Å². The highest BCUT2D eigenvalue weighted by Gasteiger charge is 2.26. The molecule has 46 heavy (non-hydrogen) atoms. The van der Waals surface area contributed by atoms with E-state index in [1.807, 2.05) is 48.5 Å². The maximum atomic E-state index is 7.29. The lowest BCUT2D eigenvalue weighted by Gasteiger charge is -2.25. The van der Waals surface area contributed by atoms with Gasteiger partial charge in [0.2, 0.25) is 11.8 Å². The third kappa shape index (κ3) is 7.30. The molecule has 0 bridgehead atoms. The SMILES string of the molecule is COc1nc(-c2cccc(-c3c(Cl)c(-c4ccccn4)nc(OC)c3CNC3CCOCC3)c2Cl)ccc1CNC1CCOCC1. The van der Waals surface area contributed by atoms with Crippen LogP contribution in [0.3, 0.4) is 0 Å². The van der Waals surface area contributed by atoms with Gasteiger partial charge >= 0.3 is 0 Å². The van der Waals surface area contributed by atoms with E-state index < -0.39 is 0 Å². The van der Waals surface area contributed by atoms with Crippen molar-refractivity contribution in [1.29, 1.82) is 0 Å². The van der Waals surface area contributed by atoms with Crippen LogP contribution in [0.1, 0.15) is 36.8 Å². The van der Waals surface area contributed by atoms with Gasteiger partial charge in [0, 0.05) is 85.6 Å². The summed E-state index contributed by atoms with van der Waals surface area (Å²) in [5, 5.41) is 8.25. The van der Waals surface area contributed by atoms with Crippen molar-refractivity contribution in [2.45, 2.75) is 50.9 Å². The Kier molecular flexibility index (Phi) is 11.0. The predicted molar refractivity (Wildman–Crippen MR) is 181 cm³/mol. The van der Waals surface area contributed by atoms with Crippen molar-refractivity contribution in [3.63, 3.8) is 0 Å². The Balaban J connectivity index is 1.40. The van der Waals surface area contributed by atoms with Crippen LogP contribution in [0, 0.1) is 0 Å². The molecule has 5 heterocycles. The summed E-state index contributed by atoms with van der Waals surface area (Å²) in [6, 6.07) is 16.3. The number of aromatic nitrogens is 3. The summed E-state index contributed by atoms with van der Waals surface area (Å²) < 4.78 is 22.7. The molecule has 2 fully saturated rings. The first kappa shape index (κ1) is 32.6. The van der Waals surface area contributed by atoms with E-state index >= 15 is 0 Å². The monoisotopic (exact) mass is 663 g/mol. The molecule has 2 saturated heterocycles. The fourth-order valence-electron chi connectivity index (χ4n) is 6.02. The van der Waals surface area contributed by atoms with E-state index in [9.17, 15) is 0 Å². The van der Waals surface area contributed by atoms with E-state index in [1.54, 1.807) is 20.4 Å². The summed E-state index contributed by atoms with van der Waals surface area (Å²) >= 11 is 14.5. The highest BCUT2D eigenvalue weighted by atomic mass is 35.5. The molecule has 11 heteroatoms. The van der Waals surface area contributed by atoms with Gasteiger partial charge in [-0.2, -0.15) is 0 Å². The Morgan fingerprint density at radius 3 is 2.04 bits per heavy atom. The largest absolute Gasteiger partial charge is 0.481 e. The van der Waals surface area contributed by atoms with E-state index in [0.29, 0.717) is 64.1 Å². The van der Waals surface area contributed by atoms with Gasteiger partial charge in [-0.1, -0.05) is 53.5 Å². The lowest BCUT2D eigenvalue weighted by molar-refractivity contribution is 0.0774.